The molecule has 6 nitrogen and oxygen atoms in total. The number of methoxy groups -OCH3 is 1. The zero-order valence-corrected chi connectivity index (χ0v) is 14.3. The van der Waals surface area contributed by atoms with E-state index in [9.17, 15) is 9.18 Å². The molecule has 0 spiro atoms. The maximum absolute atomic E-state index is 13.1. The molecule has 0 atom stereocenters. The van der Waals surface area contributed by atoms with Gasteiger partial charge in [-0.1, -0.05) is 17.7 Å². The highest BCUT2D eigenvalue weighted by atomic mass is 35.5. The molecule has 2 aromatic heterocycles. The zero-order valence-electron chi connectivity index (χ0n) is 13.5. The molecule has 130 valence electrons. The lowest BCUT2D eigenvalue weighted by Gasteiger charge is -2.06. The second-order valence-electron chi connectivity index (χ2n) is 5.55. The number of fused-ring (bicyclic) bond motifs is 1. The van der Waals surface area contributed by atoms with Crippen LogP contribution >= 0.6 is 11.6 Å². The molecule has 1 N–H and O–H groups in total. The molecule has 26 heavy (non-hydrogen) atoms. The third-order valence-corrected chi connectivity index (χ3v) is 4.21. The molecule has 0 aliphatic rings. The summed E-state index contributed by atoms with van der Waals surface area (Å²) in [5.41, 5.74) is 1.54. The molecule has 0 unspecified atom stereocenters. The van der Waals surface area contributed by atoms with E-state index in [2.05, 4.69) is 15.1 Å². The Balaban J connectivity index is 1.84. The van der Waals surface area contributed by atoms with E-state index >= 15 is 0 Å². The van der Waals surface area contributed by atoms with Crippen LogP contribution in [0.15, 0.2) is 53.3 Å². The largest absolute Gasteiger partial charge is 0.495 e. The summed E-state index contributed by atoms with van der Waals surface area (Å²) in [5.74, 6) is 0.746. The molecule has 0 radical (unpaired) electrons. The number of hydrogen-bond acceptors (Lipinski definition) is 4. The van der Waals surface area contributed by atoms with Crippen LogP contribution in [-0.2, 0) is 0 Å². The molecule has 0 saturated carbocycles. The van der Waals surface area contributed by atoms with Gasteiger partial charge in [0.05, 0.1) is 17.8 Å². The molecule has 4 rings (SSSR count). The minimum atomic E-state index is -0.354. The third-order valence-electron chi connectivity index (χ3n) is 3.89. The number of ether oxygens (including phenoxy) is 1. The minimum absolute atomic E-state index is 0.278. The van der Waals surface area contributed by atoms with Crippen LogP contribution in [0.25, 0.3) is 28.4 Å². The van der Waals surface area contributed by atoms with Crippen molar-refractivity contribution < 1.29 is 9.13 Å². The van der Waals surface area contributed by atoms with Crippen molar-refractivity contribution in [3.63, 3.8) is 0 Å². The molecule has 0 bridgehead atoms. The molecule has 2 heterocycles. The van der Waals surface area contributed by atoms with Crippen molar-refractivity contribution in [2.45, 2.75) is 0 Å². The highest BCUT2D eigenvalue weighted by Crippen LogP contribution is 2.29. The average Bonchev–Trinajstić information content (AvgIpc) is 3.07. The minimum Gasteiger partial charge on any atom is -0.495 e. The van der Waals surface area contributed by atoms with Crippen molar-refractivity contribution >= 4 is 17.4 Å². The lowest BCUT2D eigenvalue weighted by atomic mass is 10.1. The first kappa shape index (κ1) is 16.3. The monoisotopic (exact) mass is 370 g/mol. The van der Waals surface area contributed by atoms with E-state index in [4.69, 9.17) is 16.3 Å². The fraction of sp³-hybridized carbons (Fsp3) is 0.0556. The van der Waals surface area contributed by atoms with E-state index in [1.165, 1.54) is 25.3 Å². The van der Waals surface area contributed by atoms with Crippen LogP contribution in [0.4, 0.5) is 4.39 Å². The van der Waals surface area contributed by atoms with Crippen LogP contribution < -0.4 is 10.3 Å². The normalized spacial score (nSPS) is 11.0. The second-order valence-corrected chi connectivity index (χ2v) is 5.96. The Morgan fingerprint density at radius 2 is 1.85 bits per heavy atom. The molecule has 8 heteroatoms. The van der Waals surface area contributed by atoms with Crippen molar-refractivity contribution in [1.82, 2.24) is 19.6 Å². The van der Waals surface area contributed by atoms with Gasteiger partial charge in [0.15, 0.2) is 5.82 Å². The van der Waals surface area contributed by atoms with Crippen LogP contribution in [0.1, 0.15) is 0 Å². The van der Waals surface area contributed by atoms with E-state index in [1.54, 1.807) is 30.3 Å². The molecular weight excluding hydrogens is 359 g/mol. The molecule has 0 aliphatic carbocycles. The smallest absolute Gasteiger partial charge is 0.276 e. The molecule has 2 aromatic carbocycles. The number of hydrogen-bond donors (Lipinski definition) is 1. The Labute approximate surface area is 151 Å². The van der Waals surface area contributed by atoms with Crippen LogP contribution in [0, 0.1) is 5.82 Å². The average molecular weight is 371 g/mol. The first-order valence-electron chi connectivity index (χ1n) is 7.65. The number of halogens is 2. The molecule has 0 fully saturated rings. The Kier molecular flexibility index (Phi) is 3.93. The number of H-pyrrole nitrogens is 1. The highest BCUT2D eigenvalue weighted by Gasteiger charge is 2.12. The van der Waals surface area contributed by atoms with E-state index in [0.29, 0.717) is 27.9 Å². The predicted octanol–water partition coefficient (Wildman–Crippen LogP) is 3.55. The first-order chi connectivity index (χ1) is 12.5. The molecule has 0 saturated heterocycles. The Hall–Kier alpha value is -3.19. The van der Waals surface area contributed by atoms with Crippen molar-refractivity contribution in [3.8, 4) is 28.4 Å². The lowest BCUT2D eigenvalue weighted by Crippen LogP contribution is -2.14. The van der Waals surface area contributed by atoms with Crippen LogP contribution in [0.2, 0.25) is 5.02 Å². The van der Waals surface area contributed by atoms with Crippen molar-refractivity contribution in [3.05, 3.63) is 69.7 Å². The summed E-state index contributed by atoms with van der Waals surface area (Å²) in [4.78, 5) is 19.8. The predicted molar refractivity (Wildman–Crippen MR) is 96.0 cm³/mol. The lowest BCUT2D eigenvalue weighted by molar-refractivity contribution is 0.415. The van der Waals surface area contributed by atoms with Crippen molar-refractivity contribution in [2.75, 3.05) is 7.11 Å². The maximum Gasteiger partial charge on any atom is 0.276 e. The van der Waals surface area contributed by atoms with Crippen LogP contribution in [-0.4, -0.2) is 26.7 Å². The van der Waals surface area contributed by atoms with Gasteiger partial charge in [0, 0.05) is 17.2 Å². The van der Waals surface area contributed by atoms with E-state index in [0.717, 1.165) is 10.1 Å². The van der Waals surface area contributed by atoms with E-state index < -0.39 is 0 Å². The number of nitrogens with zero attached hydrogens (tertiary/aromatic N) is 3. The number of nitrogens with one attached hydrogen (secondary N) is 1. The van der Waals surface area contributed by atoms with Crippen molar-refractivity contribution in [2.24, 2.45) is 0 Å². The van der Waals surface area contributed by atoms with Gasteiger partial charge in [0.2, 0.25) is 5.78 Å². The first-order valence-corrected chi connectivity index (χ1v) is 8.03. The number of benzene rings is 2. The zero-order chi connectivity index (χ0) is 18.3. The van der Waals surface area contributed by atoms with Gasteiger partial charge in [-0.25, -0.2) is 4.39 Å². The maximum atomic E-state index is 13.1. The highest BCUT2D eigenvalue weighted by molar-refractivity contribution is 6.32. The van der Waals surface area contributed by atoms with Gasteiger partial charge in [0.25, 0.3) is 5.56 Å². The molecule has 0 amide bonds. The molecule has 0 aliphatic heterocycles. The summed E-state index contributed by atoms with van der Waals surface area (Å²) >= 11 is 6.04. The number of aromatic nitrogens is 4. The number of rotatable bonds is 3. The van der Waals surface area contributed by atoms with Crippen LogP contribution in [0.5, 0.6) is 5.75 Å². The second kappa shape index (κ2) is 6.27. The van der Waals surface area contributed by atoms with Gasteiger partial charge >= 0.3 is 0 Å². The van der Waals surface area contributed by atoms with Gasteiger partial charge < -0.3 is 9.72 Å². The summed E-state index contributed by atoms with van der Waals surface area (Å²) in [6.45, 7) is 0. The van der Waals surface area contributed by atoms with Gasteiger partial charge in [-0.3, -0.25) is 4.79 Å². The van der Waals surface area contributed by atoms with Crippen molar-refractivity contribution in [1.29, 1.82) is 0 Å². The quantitative estimate of drug-likeness (QED) is 0.598. The molecule has 4 aromatic rings. The topological polar surface area (TPSA) is 72.3 Å². The number of aromatic amines is 1. The van der Waals surface area contributed by atoms with Crippen LogP contribution in [0.3, 0.4) is 0 Å². The fourth-order valence-corrected chi connectivity index (χ4v) is 2.79. The summed E-state index contributed by atoms with van der Waals surface area (Å²) in [6.07, 6.45) is 0. The fourth-order valence-electron chi connectivity index (χ4n) is 2.59. The summed E-state index contributed by atoms with van der Waals surface area (Å²) in [6, 6.07) is 12.3. The standard InChI is InChI=1S/C18H12ClFN4O2/c1-26-15-8-11(4-7-13(15)19)14-9-16(25)24-18(21-14)22-17(23-24)10-2-5-12(20)6-3-10/h2-9H,1H3,(H,21,22,23). The summed E-state index contributed by atoms with van der Waals surface area (Å²) < 4.78 is 19.5. The van der Waals surface area contributed by atoms with Gasteiger partial charge in [-0.2, -0.15) is 9.50 Å². The Bertz CT molecular complexity index is 1170. The van der Waals surface area contributed by atoms with Gasteiger partial charge in [0.1, 0.15) is 11.6 Å². The van der Waals surface area contributed by atoms with E-state index in [-0.39, 0.29) is 17.2 Å². The summed E-state index contributed by atoms with van der Waals surface area (Å²) in [7, 11) is 1.52. The SMILES string of the molecule is COc1cc(-c2cc(=O)n3nc(-c4ccc(F)cc4)nc3[nH]2)ccc1Cl. The third kappa shape index (κ3) is 2.82. The van der Waals surface area contributed by atoms with Gasteiger partial charge in [-0.05, 0) is 36.4 Å². The van der Waals surface area contributed by atoms with Gasteiger partial charge in [-0.15, -0.1) is 5.10 Å². The summed E-state index contributed by atoms with van der Waals surface area (Å²) in [5, 5.41) is 4.66. The molecular formula is C18H12ClFN4O2. The Morgan fingerprint density at radius 3 is 2.58 bits per heavy atom. The Morgan fingerprint density at radius 1 is 1.12 bits per heavy atom. The van der Waals surface area contributed by atoms with E-state index in [1.807, 2.05) is 0 Å².